The molecule has 2 amide bonds. The van der Waals surface area contributed by atoms with Gasteiger partial charge in [0.1, 0.15) is 19.3 Å². The van der Waals surface area contributed by atoms with E-state index in [1.807, 2.05) is 26.0 Å². The molecule has 0 spiro atoms. The van der Waals surface area contributed by atoms with Gasteiger partial charge in [0.05, 0.1) is 11.9 Å². The van der Waals surface area contributed by atoms with Crippen LogP contribution in [0.5, 0.6) is 11.5 Å². The average Bonchev–Trinajstić information content (AvgIpc) is 2.86. The molecule has 1 aliphatic heterocycles. The first-order valence-electron chi connectivity index (χ1n) is 12.3. The summed E-state index contributed by atoms with van der Waals surface area (Å²) in [5, 5.41) is 3.30. The second-order valence-electron chi connectivity index (χ2n) is 8.70. The van der Waals surface area contributed by atoms with Crippen molar-refractivity contribution in [2.45, 2.75) is 45.7 Å². The van der Waals surface area contributed by atoms with Crippen LogP contribution in [0.1, 0.15) is 38.7 Å². The Labute approximate surface area is 223 Å². The Bertz CT molecular complexity index is 1210. The van der Waals surface area contributed by atoms with E-state index >= 15 is 0 Å². The summed E-state index contributed by atoms with van der Waals surface area (Å²) in [6.07, 6.45) is 1.86. The number of likely N-dealkylation sites (N-methyl/N-ethyl adjacent to an activating group) is 1. The zero-order chi connectivity index (χ0) is 27.0. The van der Waals surface area contributed by atoms with Crippen molar-refractivity contribution in [3.63, 3.8) is 0 Å². The lowest BCUT2D eigenvalue weighted by molar-refractivity contribution is -0.141. The zero-order valence-corrected chi connectivity index (χ0v) is 23.0. The molecule has 37 heavy (non-hydrogen) atoms. The lowest BCUT2D eigenvalue weighted by Gasteiger charge is -2.31. The monoisotopic (exact) mass is 551 g/mol. The van der Waals surface area contributed by atoms with Crippen LogP contribution in [0, 0.1) is 0 Å². The molecule has 0 saturated carbocycles. The highest BCUT2D eigenvalue weighted by atomic mass is 35.5. The number of sulfonamides is 1. The van der Waals surface area contributed by atoms with Crippen LogP contribution in [0.25, 0.3) is 0 Å². The van der Waals surface area contributed by atoms with Crippen LogP contribution in [0.4, 0.5) is 5.69 Å². The minimum atomic E-state index is -3.63. The van der Waals surface area contributed by atoms with Gasteiger partial charge in [0.2, 0.25) is 21.8 Å². The minimum absolute atomic E-state index is 0.0525. The average molecular weight is 552 g/mol. The molecular formula is C26H34ClN3O6S. The van der Waals surface area contributed by atoms with Crippen LogP contribution < -0.4 is 19.1 Å². The Balaban J connectivity index is 1.77. The van der Waals surface area contributed by atoms with Crippen LogP contribution in [0.3, 0.4) is 0 Å². The number of nitrogens with zero attached hydrogens (tertiary/aromatic N) is 2. The number of hydrogen-bond donors (Lipinski definition) is 1. The third kappa shape index (κ3) is 7.52. The minimum Gasteiger partial charge on any atom is -0.486 e. The highest BCUT2D eigenvalue weighted by Crippen LogP contribution is 2.34. The van der Waals surface area contributed by atoms with Crippen molar-refractivity contribution in [2.24, 2.45) is 0 Å². The van der Waals surface area contributed by atoms with Gasteiger partial charge < -0.3 is 19.7 Å². The fourth-order valence-corrected chi connectivity index (χ4v) is 5.37. The molecule has 3 rings (SSSR count). The first-order valence-corrected chi connectivity index (χ1v) is 14.6. The number of carbonyl (C=O) groups excluding carboxylic acids is 2. The number of carbonyl (C=O) groups is 2. The second-order valence-corrected chi connectivity index (χ2v) is 11.0. The fourth-order valence-electron chi connectivity index (χ4n) is 4.21. The summed E-state index contributed by atoms with van der Waals surface area (Å²) in [5.74, 6) is 0.546. The maximum Gasteiger partial charge on any atom is 0.242 e. The highest BCUT2D eigenvalue weighted by Gasteiger charge is 2.29. The lowest BCUT2D eigenvalue weighted by atomic mass is 10.1. The molecule has 0 aliphatic carbocycles. The molecule has 1 unspecified atom stereocenters. The van der Waals surface area contributed by atoms with Gasteiger partial charge >= 0.3 is 0 Å². The van der Waals surface area contributed by atoms with Gasteiger partial charge in [-0.25, -0.2) is 8.42 Å². The van der Waals surface area contributed by atoms with Gasteiger partial charge in [-0.1, -0.05) is 36.7 Å². The number of fused-ring (bicyclic) bond motifs is 1. The van der Waals surface area contributed by atoms with E-state index < -0.39 is 16.1 Å². The van der Waals surface area contributed by atoms with Crippen molar-refractivity contribution < 1.29 is 27.5 Å². The van der Waals surface area contributed by atoms with E-state index in [0.29, 0.717) is 48.4 Å². The first-order chi connectivity index (χ1) is 17.7. The van der Waals surface area contributed by atoms with E-state index in [1.54, 1.807) is 30.3 Å². The summed E-state index contributed by atoms with van der Waals surface area (Å²) >= 11 is 6.34. The summed E-state index contributed by atoms with van der Waals surface area (Å²) in [6, 6.07) is 11.5. The maximum atomic E-state index is 13.4. The van der Waals surface area contributed by atoms with Crippen LogP contribution in [-0.4, -0.2) is 63.7 Å². The van der Waals surface area contributed by atoms with Crippen molar-refractivity contribution in [1.82, 2.24) is 10.2 Å². The summed E-state index contributed by atoms with van der Waals surface area (Å²) in [7, 11) is -3.63. The lowest BCUT2D eigenvalue weighted by Crippen LogP contribution is -2.49. The van der Waals surface area contributed by atoms with Gasteiger partial charge in [0, 0.05) is 37.1 Å². The molecule has 1 atom stereocenters. The van der Waals surface area contributed by atoms with Crippen molar-refractivity contribution in [3.05, 3.63) is 53.1 Å². The molecule has 202 valence electrons. The Morgan fingerprint density at radius 1 is 1.08 bits per heavy atom. The van der Waals surface area contributed by atoms with Gasteiger partial charge in [0.15, 0.2) is 11.5 Å². The number of halogens is 1. The number of rotatable bonds is 12. The molecule has 1 heterocycles. The number of ether oxygens (including phenoxy) is 2. The summed E-state index contributed by atoms with van der Waals surface area (Å²) in [6.45, 7) is 5.19. The van der Waals surface area contributed by atoms with Crippen LogP contribution >= 0.6 is 11.6 Å². The number of benzene rings is 2. The van der Waals surface area contributed by atoms with Crippen molar-refractivity contribution in [2.75, 3.05) is 36.9 Å². The highest BCUT2D eigenvalue weighted by molar-refractivity contribution is 7.92. The van der Waals surface area contributed by atoms with Gasteiger partial charge in [-0.05, 0) is 43.5 Å². The normalized spacial score (nSPS) is 13.5. The SMILES string of the molecule is CCNC(=O)C(CC)N(Cc1ccccc1Cl)C(=O)CCCN(c1ccc2c(c1)OCCO2)S(C)(=O)=O. The van der Waals surface area contributed by atoms with E-state index in [4.69, 9.17) is 21.1 Å². The fraction of sp³-hybridized carbons (Fsp3) is 0.462. The molecule has 0 radical (unpaired) electrons. The molecule has 0 aromatic heterocycles. The molecule has 11 heteroatoms. The third-order valence-corrected chi connectivity index (χ3v) is 7.56. The molecule has 9 nitrogen and oxygen atoms in total. The van der Waals surface area contributed by atoms with Crippen LogP contribution in [-0.2, 0) is 26.2 Å². The Kier molecular flexibility index (Phi) is 10.0. The molecule has 2 aromatic rings. The molecule has 0 bridgehead atoms. The molecule has 0 saturated heterocycles. The summed E-state index contributed by atoms with van der Waals surface area (Å²) < 4.78 is 37.6. The van der Waals surface area contributed by atoms with Crippen LogP contribution in [0.15, 0.2) is 42.5 Å². The number of amides is 2. The van der Waals surface area contributed by atoms with Gasteiger partial charge in [-0.15, -0.1) is 0 Å². The summed E-state index contributed by atoms with van der Waals surface area (Å²) in [4.78, 5) is 27.7. The third-order valence-electron chi connectivity index (χ3n) is 6.00. The summed E-state index contributed by atoms with van der Waals surface area (Å²) in [5.41, 5.74) is 1.16. The second kappa shape index (κ2) is 13.0. The van der Waals surface area contributed by atoms with Crippen molar-refractivity contribution in [1.29, 1.82) is 0 Å². The standard InChI is InChI=1S/C26H34ClN3O6S/c1-4-22(26(32)28-5-2)29(18-19-9-6-7-10-21(19)27)25(31)11-8-14-30(37(3,33)34)20-12-13-23-24(17-20)36-16-15-35-23/h6-7,9-10,12-13,17,22H,4-5,8,11,14-16,18H2,1-3H3,(H,28,32). The predicted octanol–water partition coefficient (Wildman–Crippen LogP) is 3.60. The Morgan fingerprint density at radius 3 is 2.43 bits per heavy atom. The Hall–Kier alpha value is -2.98. The quantitative estimate of drug-likeness (QED) is 0.432. The molecule has 0 fully saturated rings. The van der Waals surface area contributed by atoms with E-state index in [9.17, 15) is 18.0 Å². The number of nitrogens with one attached hydrogen (secondary N) is 1. The van der Waals surface area contributed by atoms with E-state index in [1.165, 1.54) is 9.21 Å². The largest absolute Gasteiger partial charge is 0.486 e. The predicted molar refractivity (Wildman–Crippen MR) is 144 cm³/mol. The number of anilines is 1. The van der Waals surface area contributed by atoms with Gasteiger partial charge in [-0.3, -0.25) is 13.9 Å². The van der Waals surface area contributed by atoms with E-state index in [2.05, 4.69) is 5.32 Å². The molecular weight excluding hydrogens is 518 g/mol. The molecule has 2 aromatic carbocycles. The molecule has 1 N–H and O–H groups in total. The van der Waals surface area contributed by atoms with E-state index in [0.717, 1.165) is 11.8 Å². The van der Waals surface area contributed by atoms with Crippen molar-refractivity contribution >= 4 is 39.1 Å². The van der Waals surface area contributed by atoms with E-state index in [-0.39, 0.29) is 37.7 Å². The van der Waals surface area contributed by atoms with Gasteiger partial charge in [-0.2, -0.15) is 0 Å². The Morgan fingerprint density at radius 2 is 1.78 bits per heavy atom. The van der Waals surface area contributed by atoms with Gasteiger partial charge in [0.25, 0.3) is 0 Å². The zero-order valence-electron chi connectivity index (χ0n) is 21.4. The smallest absolute Gasteiger partial charge is 0.242 e. The van der Waals surface area contributed by atoms with Crippen LogP contribution in [0.2, 0.25) is 5.02 Å². The molecule has 1 aliphatic rings. The first kappa shape index (κ1) is 28.6. The number of hydrogen-bond acceptors (Lipinski definition) is 6. The topological polar surface area (TPSA) is 105 Å². The van der Waals surface area contributed by atoms with Crippen molar-refractivity contribution in [3.8, 4) is 11.5 Å². The maximum absolute atomic E-state index is 13.4.